The second-order valence-electron chi connectivity index (χ2n) is 25.0. The van der Waals surface area contributed by atoms with Crippen LogP contribution in [-0.2, 0) is 37.9 Å². The van der Waals surface area contributed by atoms with Gasteiger partial charge in [-0.3, -0.25) is 0 Å². The van der Waals surface area contributed by atoms with Crippen molar-refractivity contribution in [3.8, 4) is 0 Å². The molecule has 16 nitrogen and oxygen atoms in total. The van der Waals surface area contributed by atoms with E-state index >= 15 is 0 Å². The van der Waals surface area contributed by atoms with E-state index in [0.29, 0.717) is 89.5 Å². The maximum Gasteiger partial charge on any atom is 0.338 e. The van der Waals surface area contributed by atoms with Gasteiger partial charge < -0.3 is 37.9 Å². The van der Waals surface area contributed by atoms with Gasteiger partial charge in [0.05, 0.1) is 44.5 Å². The van der Waals surface area contributed by atoms with Crippen LogP contribution in [0, 0.1) is 5.92 Å². The highest BCUT2D eigenvalue weighted by molar-refractivity contribution is 5.93. The van der Waals surface area contributed by atoms with Crippen LogP contribution in [0.5, 0.6) is 0 Å². The number of carbonyl (C=O) groups is 8. The molecule has 0 spiro atoms. The fourth-order valence-electron chi connectivity index (χ4n) is 10.4. The highest BCUT2D eigenvalue weighted by atomic mass is 16.6. The van der Waals surface area contributed by atoms with Gasteiger partial charge in [0.1, 0.15) is 47.8 Å². The molecule has 0 radical (unpaired) electrons. The summed E-state index contributed by atoms with van der Waals surface area (Å²) >= 11 is 0. The number of esters is 8. The summed E-state index contributed by atoms with van der Waals surface area (Å²) in [4.78, 5) is 98.0. The molecule has 0 aromatic heterocycles. The molecule has 0 aliphatic carbocycles. The Balaban J connectivity index is 0.000000247. The van der Waals surface area contributed by atoms with Gasteiger partial charge in [-0.1, -0.05) is 177 Å². The Labute approximate surface area is 606 Å². The maximum atomic E-state index is 12.4. The van der Waals surface area contributed by atoms with Crippen molar-refractivity contribution in [3.05, 3.63) is 338 Å². The number of carbonyl (C=O) groups excluding carboxylic acids is 8. The van der Waals surface area contributed by atoms with Crippen LogP contribution in [0.3, 0.4) is 0 Å². The smallest absolute Gasteiger partial charge is 0.338 e. The summed E-state index contributed by atoms with van der Waals surface area (Å²) in [6.45, 7) is 27.6. The molecule has 16 heteroatoms. The van der Waals surface area contributed by atoms with Crippen molar-refractivity contribution in [2.24, 2.45) is 5.92 Å². The summed E-state index contributed by atoms with van der Waals surface area (Å²) < 4.78 is 44.6. The van der Waals surface area contributed by atoms with Crippen molar-refractivity contribution < 1.29 is 76.3 Å². The second-order valence-corrected chi connectivity index (χ2v) is 25.0. The van der Waals surface area contributed by atoms with Gasteiger partial charge in [-0.25, -0.2) is 38.4 Å². The van der Waals surface area contributed by atoms with Gasteiger partial charge in [-0.15, -0.1) is 26.3 Å². The van der Waals surface area contributed by atoms with Crippen molar-refractivity contribution in [2.45, 2.75) is 141 Å². The van der Waals surface area contributed by atoms with E-state index < -0.39 is 83.5 Å². The Hall–Kier alpha value is -11.5. The summed E-state index contributed by atoms with van der Waals surface area (Å²) in [5, 5.41) is 0. The Bertz CT molecular complexity index is 3930. The van der Waals surface area contributed by atoms with E-state index in [-0.39, 0.29) is 18.0 Å². The standard InChI is InChI=1S/3C22H24O4.C21H22O4/c1-4-15-22(3,26-21(24)19-13-9-6-10-14-19)16-17(2)25-20(23)18-11-7-5-8-12-18;1-4-11-19(25-20(23)17-12-7-5-8-13-17)16-22(2,3)26-21(24)18-14-9-6-10-15-18;1-4-11-20(26-22(24)19-14-9-6-10-15-19)16(2)17(3)25-21(23)18-12-7-5-8-13-18;1-3-10-19(25-21(23)18-13-8-5-9-14-18)15-16(2)24-20(22)17-11-6-4-7-12-17/h4-14,17H,1,15-16H2,2-3H3;4-10,12-15,19H,1,11,16H2,2-3H3;4-10,12-17,20H,1,11H2,2-3H3;3-9,11-14,16,19H,1,10,15H2,2H3. The molecule has 8 unspecified atom stereocenters. The Kier molecular flexibility index (Phi) is 35.0. The number of ether oxygens (including phenoxy) is 8. The normalized spacial score (nSPS) is 13.2. The van der Waals surface area contributed by atoms with E-state index in [9.17, 15) is 38.4 Å². The minimum absolute atomic E-state index is 0.187. The lowest BCUT2D eigenvalue weighted by molar-refractivity contribution is -0.0362. The third kappa shape index (κ3) is 30.1. The zero-order chi connectivity index (χ0) is 75.0. The molecule has 0 heterocycles. The molecule has 538 valence electrons. The molecule has 8 rings (SSSR count). The molecule has 0 N–H and O–H groups in total. The monoisotopic (exact) mass is 1390 g/mol. The van der Waals surface area contributed by atoms with E-state index in [1.54, 1.807) is 253 Å². The average Bonchev–Trinajstić information content (AvgIpc) is 0.863. The van der Waals surface area contributed by atoms with Gasteiger partial charge in [0.25, 0.3) is 0 Å². The lowest BCUT2D eigenvalue weighted by atomic mass is 9.94. The molecule has 103 heavy (non-hydrogen) atoms. The van der Waals surface area contributed by atoms with E-state index in [4.69, 9.17) is 37.9 Å². The number of rotatable bonds is 32. The van der Waals surface area contributed by atoms with Crippen LogP contribution in [0.1, 0.15) is 176 Å². The van der Waals surface area contributed by atoms with Gasteiger partial charge in [0.2, 0.25) is 0 Å². The predicted molar refractivity (Wildman–Crippen MR) is 399 cm³/mol. The minimum atomic E-state index is -0.814. The zero-order valence-electron chi connectivity index (χ0n) is 59.8. The third-order valence-corrected chi connectivity index (χ3v) is 15.7. The van der Waals surface area contributed by atoms with Crippen molar-refractivity contribution in [1.82, 2.24) is 0 Å². The molecule has 0 aliphatic rings. The lowest BCUT2D eigenvalue weighted by Crippen LogP contribution is -2.36. The molecule has 8 aromatic rings. The van der Waals surface area contributed by atoms with Gasteiger partial charge in [0.15, 0.2) is 0 Å². The summed E-state index contributed by atoms with van der Waals surface area (Å²) in [6, 6.07) is 70.5. The average molecular weight is 1400 g/mol. The molecular weight excluding hydrogens is 1300 g/mol. The van der Waals surface area contributed by atoms with Gasteiger partial charge in [-0.2, -0.15) is 0 Å². The first-order valence-corrected chi connectivity index (χ1v) is 34.0. The molecule has 8 atom stereocenters. The SMILES string of the molecule is C=CCC(C)(CC(C)OC(=O)c1ccccc1)OC(=O)c1ccccc1.C=CCC(CC(C)(C)OC(=O)c1ccccc1)OC(=O)c1ccccc1.C=CCC(CC(C)OC(=O)c1ccccc1)OC(=O)c1ccccc1.C=CCC(OC(=O)c1ccccc1)C(C)C(C)OC(=O)c1ccccc1. The predicted octanol–water partition coefficient (Wildman–Crippen LogP) is 18.7. The zero-order valence-corrected chi connectivity index (χ0v) is 59.8. The molecule has 0 aliphatic heterocycles. The van der Waals surface area contributed by atoms with Crippen LogP contribution in [0.2, 0.25) is 0 Å². The van der Waals surface area contributed by atoms with Crippen molar-refractivity contribution in [3.63, 3.8) is 0 Å². The van der Waals surface area contributed by atoms with Crippen LogP contribution in [0.4, 0.5) is 0 Å². The minimum Gasteiger partial charge on any atom is -0.459 e. The molecule has 8 aromatic carbocycles. The third-order valence-electron chi connectivity index (χ3n) is 15.7. The fraction of sp³-hybridized carbons (Fsp3) is 0.264. The number of hydrogen-bond acceptors (Lipinski definition) is 16. The molecule has 0 saturated carbocycles. The Morgan fingerprint density at radius 1 is 0.320 bits per heavy atom. The number of benzene rings is 8. The van der Waals surface area contributed by atoms with Crippen molar-refractivity contribution >= 4 is 47.8 Å². The Morgan fingerprint density at radius 2 is 0.602 bits per heavy atom. The first-order chi connectivity index (χ1) is 49.5. The topological polar surface area (TPSA) is 210 Å². The summed E-state index contributed by atoms with van der Waals surface area (Å²) in [7, 11) is 0. The largest absolute Gasteiger partial charge is 0.459 e. The van der Waals surface area contributed by atoms with E-state index in [2.05, 4.69) is 26.3 Å². The quantitative estimate of drug-likeness (QED) is 0.0218. The van der Waals surface area contributed by atoms with Crippen LogP contribution in [0.15, 0.2) is 293 Å². The second kappa shape index (κ2) is 43.9. The van der Waals surface area contributed by atoms with Crippen LogP contribution in [-0.4, -0.2) is 95.6 Å². The molecule has 0 bridgehead atoms. The van der Waals surface area contributed by atoms with Crippen LogP contribution < -0.4 is 0 Å². The molecule has 0 fully saturated rings. The molecule has 0 saturated heterocycles. The van der Waals surface area contributed by atoms with Gasteiger partial charge >= 0.3 is 47.8 Å². The summed E-state index contributed by atoms with van der Waals surface area (Å²) in [6.07, 6.45) is 7.34. The summed E-state index contributed by atoms with van der Waals surface area (Å²) in [5.74, 6) is -3.36. The van der Waals surface area contributed by atoms with Crippen molar-refractivity contribution in [2.75, 3.05) is 0 Å². The van der Waals surface area contributed by atoms with Gasteiger partial charge in [-0.05, 0) is 139 Å². The summed E-state index contributed by atoms with van der Waals surface area (Å²) in [5.41, 5.74) is 2.31. The van der Waals surface area contributed by atoms with E-state index in [0.717, 1.165) is 0 Å². The first kappa shape index (κ1) is 82.1. The molecule has 0 amide bonds. The van der Waals surface area contributed by atoms with E-state index in [1.807, 2.05) is 62.4 Å². The Morgan fingerprint density at radius 3 is 0.942 bits per heavy atom. The van der Waals surface area contributed by atoms with Crippen molar-refractivity contribution in [1.29, 1.82) is 0 Å². The first-order valence-electron chi connectivity index (χ1n) is 34.0. The van der Waals surface area contributed by atoms with Crippen LogP contribution >= 0.6 is 0 Å². The molecular formula is C87H94O16. The maximum absolute atomic E-state index is 12.4. The number of hydrogen-bond donors (Lipinski definition) is 0. The highest BCUT2D eigenvalue weighted by Gasteiger charge is 2.34. The highest BCUT2D eigenvalue weighted by Crippen LogP contribution is 2.28. The van der Waals surface area contributed by atoms with Crippen LogP contribution in [0.25, 0.3) is 0 Å². The van der Waals surface area contributed by atoms with Gasteiger partial charge in [0, 0.05) is 50.9 Å². The lowest BCUT2D eigenvalue weighted by Gasteiger charge is -2.31. The fourth-order valence-corrected chi connectivity index (χ4v) is 10.4. The van der Waals surface area contributed by atoms with E-state index in [1.165, 1.54) is 0 Å².